The number of fused-ring (bicyclic) bond motifs is 5. The lowest BCUT2D eigenvalue weighted by Crippen LogP contribution is -2.23. The number of aliphatic imine (C=N–C) groups is 1. The largest absolute Gasteiger partial charge is 0.481 e. The van der Waals surface area contributed by atoms with Crippen LogP contribution < -0.4 is 10.5 Å². The number of nitrogens with one attached hydrogen (secondary N) is 1. The van der Waals surface area contributed by atoms with Crippen LogP contribution in [0.25, 0.3) is 10.9 Å². The van der Waals surface area contributed by atoms with Gasteiger partial charge in [-0.3, -0.25) is 14.0 Å². The average molecular weight is 673 g/mol. The molecule has 1 aliphatic rings. The molecule has 5 rings (SSSR count). The van der Waals surface area contributed by atoms with Crippen molar-refractivity contribution < 1.29 is 27.6 Å². The number of aromatic nitrogens is 1. The zero-order valence-corrected chi connectivity index (χ0v) is 27.7. The topological polar surface area (TPSA) is 142 Å². The molecular weight excluding hydrogens is 634 g/mol. The number of aliphatic carboxylic acids is 1. The van der Waals surface area contributed by atoms with Gasteiger partial charge in [0, 0.05) is 69.2 Å². The Kier molecular flexibility index (Phi) is 10.7. The Balaban J connectivity index is 1.68. The zero-order valence-electron chi connectivity index (χ0n) is 26.9. The molecule has 0 aliphatic carbocycles. The van der Waals surface area contributed by atoms with Gasteiger partial charge in [-0.15, -0.1) is 0 Å². The number of hydrogen-bond donors (Lipinski definition) is 3. The minimum Gasteiger partial charge on any atom is -0.481 e. The van der Waals surface area contributed by atoms with Gasteiger partial charge in [0.15, 0.2) is 11.6 Å². The smallest absolute Gasteiger partial charge is 0.303 e. The molecule has 48 heavy (non-hydrogen) atoms. The number of carboxylic acids is 1. The summed E-state index contributed by atoms with van der Waals surface area (Å²) in [4.78, 5) is 19.2. The summed E-state index contributed by atoms with van der Waals surface area (Å²) in [6, 6.07) is 15.9. The molecule has 11 heteroatoms. The number of aromatic amines is 1. The van der Waals surface area contributed by atoms with Gasteiger partial charge >= 0.3 is 5.97 Å². The van der Waals surface area contributed by atoms with Gasteiger partial charge in [0.1, 0.15) is 17.6 Å². The molecule has 0 fully saturated rings. The fourth-order valence-electron chi connectivity index (χ4n) is 6.14. The van der Waals surface area contributed by atoms with E-state index in [1.807, 2.05) is 36.4 Å². The molecule has 4 aromatic rings. The number of nitrogens with two attached hydrogens (primary N) is 1. The van der Waals surface area contributed by atoms with E-state index in [0.29, 0.717) is 54.7 Å². The lowest BCUT2D eigenvalue weighted by Gasteiger charge is -2.25. The van der Waals surface area contributed by atoms with Crippen LogP contribution in [0.1, 0.15) is 67.8 Å². The van der Waals surface area contributed by atoms with Crippen molar-refractivity contribution in [2.45, 2.75) is 58.4 Å². The molecule has 0 saturated heterocycles. The lowest BCUT2D eigenvalue weighted by molar-refractivity contribution is -0.136. The molecule has 2 bridgehead atoms. The van der Waals surface area contributed by atoms with Crippen LogP contribution in [0, 0.1) is 28.4 Å². The van der Waals surface area contributed by atoms with Crippen LogP contribution in [0.2, 0.25) is 0 Å². The summed E-state index contributed by atoms with van der Waals surface area (Å²) in [7, 11) is -1.22. The maximum atomic E-state index is 15.7. The molecule has 2 atom stereocenters. The quantitative estimate of drug-likeness (QED) is 0.186. The third kappa shape index (κ3) is 8.17. The fraction of sp³-hybridized carbons (Fsp3) is 0.324. The maximum absolute atomic E-state index is 15.7. The van der Waals surface area contributed by atoms with E-state index in [2.05, 4.69) is 18.8 Å². The number of hydrogen-bond acceptors (Lipinski definition) is 6. The second-order valence-electron chi connectivity index (χ2n) is 12.8. The molecular formula is C37H38F2N4O4S. The van der Waals surface area contributed by atoms with Crippen molar-refractivity contribution in [2.24, 2.45) is 16.1 Å². The molecule has 2 unspecified atom stereocenters. The molecule has 0 saturated carbocycles. The number of halogens is 2. The first-order valence-electron chi connectivity index (χ1n) is 15.8. The average Bonchev–Trinajstić information content (AvgIpc) is 3.51. The first-order valence-corrected chi connectivity index (χ1v) is 17.3. The van der Waals surface area contributed by atoms with Gasteiger partial charge in [-0.1, -0.05) is 44.5 Å². The van der Waals surface area contributed by atoms with Gasteiger partial charge in [0.05, 0.1) is 17.3 Å². The Morgan fingerprint density at radius 3 is 2.77 bits per heavy atom. The molecule has 1 aliphatic heterocycles. The summed E-state index contributed by atoms with van der Waals surface area (Å²) >= 11 is 0. The summed E-state index contributed by atoms with van der Waals surface area (Å²) in [5.74, 6) is -1.44. The van der Waals surface area contributed by atoms with E-state index in [4.69, 9.17) is 15.5 Å². The molecule has 2 heterocycles. The van der Waals surface area contributed by atoms with Crippen molar-refractivity contribution >= 4 is 33.4 Å². The number of nitrogens with zero attached hydrogens (tertiary/aromatic N) is 2. The molecule has 1 aromatic heterocycles. The minimum atomic E-state index is -1.22. The van der Waals surface area contributed by atoms with Gasteiger partial charge in [0.2, 0.25) is 0 Å². The summed E-state index contributed by atoms with van der Waals surface area (Å²) in [5, 5.41) is 20.0. The third-order valence-corrected chi connectivity index (χ3v) is 10.3. The van der Waals surface area contributed by atoms with Gasteiger partial charge in [0.25, 0.3) is 0 Å². The van der Waals surface area contributed by atoms with E-state index in [9.17, 15) is 19.4 Å². The molecule has 3 aromatic carbocycles. The second kappa shape index (κ2) is 14.9. The number of ether oxygens (including phenoxy) is 1. The van der Waals surface area contributed by atoms with Crippen LogP contribution in [-0.4, -0.2) is 37.5 Å². The van der Waals surface area contributed by atoms with Crippen molar-refractivity contribution in [3.8, 4) is 17.6 Å². The maximum Gasteiger partial charge on any atom is 0.303 e. The number of rotatable bonds is 5. The van der Waals surface area contributed by atoms with Crippen molar-refractivity contribution in [3.63, 3.8) is 0 Å². The zero-order chi connectivity index (χ0) is 34.4. The predicted molar refractivity (Wildman–Crippen MR) is 184 cm³/mol. The third-order valence-electron chi connectivity index (χ3n) is 8.53. The monoisotopic (exact) mass is 672 g/mol. The van der Waals surface area contributed by atoms with E-state index < -0.39 is 34.4 Å². The van der Waals surface area contributed by atoms with Crippen molar-refractivity contribution in [2.75, 3.05) is 11.5 Å². The lowest BCUT2D eigenvalue weighted by atomic mass is 9.87. The van der Waals surface area contributed by atoms with Crippen LogP contribution in [0.15, 0.2) is 77.6 Å². The number of carbonyl (C=O) groups is 1. The highest BCUT2D eigenvalue weighted by Gasteiger charge is 2.26. The van der Waals surface area contributed by atoms with Crippen LogP contribution in [0.4, 0.5) is 8.78 Å². The molecule has 4 N–H and O–H groups in total. The first kappa shape index (κ1) is 34.5. The number of benzene rings is 3. The Labute approximate surface area is 280 Å². The summed E-state index contributed by atoms with van der Waals surface area (Å²) in [6.45, 7) is 4.11. The van der Waals surface area contributed by atoms with E-state index in [-0.39, 0.29) is 40.2 Å². The van der Waals surface area contributed by atoms with Gasteiger partial charge in [-0.2, -0.15) is 5.26 Å². The van der Waals surface area contributed by atoms with Crippen LogP contribution in [0.3, 0.4) is 0 Å². The Bertz CT molecular complexity index is 1960. The Hall–Kier alpha value is -4.82. The van der Waals surface area contributed by atoms with E-state index >= 15 is 8.78 Å². The highest BCUT2D eigenvalue weighted by atomic mass is 32.2. The fourth-order valence-corrected chi connectivity index (χ4v) is 7.73. The number of aryl methyl sites for hydroxylation is 2. The van der Waals surface area contributed by atoms with Crippen LogP contribution in [-0.2, 0) is 28.4 Å². The normalized spacial score (nSPS) is 19.0. The molecule has 250 valence electrons. The van der Waals surface area contributed by atoms with Gasteiger partial charge in [-0.25, -0.2) is 8.78 Å². The SMILES string of the molecule is CC1(C)CCCC(c2cccc(CCC(=O)O)c2)N=C(C(C#N)=CN)c2cc(ccc2F)Oc2c(F)cc3[nH]ccc3c2CCS(=O)C1. The summed E-state index contributed by atoms with van der Waals surface area (Å²) < 4.78 is 50.9. The number of nitriles is 1. The molecule has 8 nitrogen and oxygen atoms in total. The van der Waals surface area contributed by atoms with Gasteiger partial charge < -0.3 is 20.6 Å². The number of carboxylic acid groups (broad SMARTS) is 1. The minimum absolute atomic E-state index is 0.00958. The summed E-state index contributed by atoms with van der Waals surface area (Å²) in [6.07, 6.45) is 5.22. The van der Waals surface area contributed by atoms with Gasteiger partial charge in [-0.05, 0) is 66.5 Å². The first-order chi connectivity index (χ1) is 23.0. The summed E-state index contributed by atoms with van der Waals surface area (Å²) in [5.41, 5.74) is 8.16. The second-order valence-corrected chi connectivity index (χ2v) is 14.3. The van der Waals surface area contributed by atoms with E-state index in [0.717, 1.165) is 22.7 Å². The predicted octanol–water partition coefficient (Wildman–Crippen LogP) is 7.65. The molecule has 0 radical (unpaired) electrons. The molecule has 0 spiro atoms. The molecule has 0 amide bonds. The van der Waals surface area contributed by atoms with Crippen LogP contribution >= 0.6 is 0 Å². The highest BCUT2D eigenvalue weighted by Crippen LogP contribution is 2.37. The van der Waals surface area contributed by atoms with Crippen LogP contribution in [0.5, 0.6) is 11.5 Å². The highest BCUT2D eigenvalue weighted by molar-refractivity contribution is 7.85. The standard InChI is InChI=1S/C37H38F2N4O4S/c1-37(2)14-4-7-32(24-6-3-5-23(17-24)8-11-34(44)45)43-35(25(20-40)21-41)29-18-26(9-10-30(29)38)47-36-28(13-16-48(46)22-37)27-12-15-42-33(27)19-31(36)39/h3,5-6,9-10,12,15,17-20,32,42H,4,7-8,11,13-14,16,22,40H2,1-2H3,(H,44,45). The van der Waals surface area contributed by atoms with Crippen molar-refractivity contribution in [3.05, 3.63) is 106 Å². The number of H-pyrrole nitrogens is 1. The van der Waals surface area contributed by atoms with Crippen molar-refractivity contribution in [1.82, 2.24) is 4.98 Å². The van der Waals surface area contributed by atoms with E-state index in [1.54, 1.807) is 6.20 Å². The van der Waals surface area contributed by atoms with E-state index in [1.165, 1.54) is 24.3 Å². The number of allylic oxidation sites excluding steroid dienone is 1. The Morgan fingerprint density at radius 1 is 1.21 bits per heavy atom. The Morgan fingerprint density at radius 2 is 2.02 bits per heavy atom. The van der Waals surface area contributed by atoms with Crippen molar-refractivity contribution in [1.29, 1.82) is 5.26 Å².